The van der Waals surface area contributed by atoms with Crippen molar-refractivity contribution in [3.63, 3.8) is 0 Å². The van der Waals surface area contributed by atoms with Crippen molar-refractivity contribution in [3.8, 4) is 6.07 Å². The van der Waals surface area contributed by atoms with Crippen LogP contribution in [0.15, 0.2) is 0 Å². The summed E-state index contributed by atoms with van der Waals surface area (Å²) in [5.74, 6) is 4.89. The molecule has 3 aliphatic carbocycles. The summed E-state index contributed by atoms with van der Waals surface area (Å²) in [5, 5.41) is 9.18. The Kier molecular flexibility index (Phi) is 2.16. The fourth-order valence-corrected chi connectivity index (χ4v) is 4.93. The van der Waals surface area contributed by atoms with Gasteiger partial charge in [-0.2, -0.15) is 5.26 Å². The van der Waals surface area contributed by atoms with Crippen LogP contribution in [-0.2, 0) is 0 Å². The van der Waals surface area contributed by atoms with E-state index in [2.05, 4.69) is 26.8 Å². The van der Waals surface area contributed by atoms with Gasteiger partial charge >= 0.3 is 0 Å². The molecule has 16 heavy (non-hydrogen) atoms. The Hall–Kier alpha value is -0.510. The van der Waals surface area contributed by atoms with Crippen molar-refractivity contribution in [1.82, 2.24) is 0 Å². The molecular formula is C15H23N. The summed E-state index contributed by atoms with van der Waals surface area (Å²) in [5.41, 5.74) is 0.478. The molecule has 6 atom stereocenters. The lowest BCUT2D eigenvalue weighted by atomic mass is 9.76. The Balaban J connectivity index is 1.78. The van der Waals surface area contributed by atoms with E-state index in [0.717, 1.165) is 29.6 Å². The van der Waals surface area contributed by atoms with Gasteiger partial charge in [0.2, 0.25) is 0 Å². The lowest BCUT2D eigenvalue weighted by Gasteiger charge is -2.28. The zero-order chi connectivity index (χ0) is 11.5. The highest BCUT2D eigenvalue weighted by molar-refractivity contribution is 5.10. The smallest absolute Gasteiger partial charge is 0.0658 e. The number of nitrogens with zero attached hydrogens (tertiary/aromatic N) is 1. The molecule has 3 fully saturated rings. The summed E-state index contributed by atoms with van der Waals surface area (Å²) in [7, 11) is 0. The van der Waals surface area contributed by atoms with Gasteiger partial charge in [0.15, 0.2) is 0 Å². The molecule has 3 aliphatic rings. The zero-order valence-electron chi connectivity index (χ0n) is 10.7. The van der Waals surface area contributed by atoms with E-state index in [1.165, 1.54) is 25.7 Å². The maximum Gasteiger partial charge on any atom is 0.0658 e. The molecule has 0 heterocycles. The molecule has 3 saturated carbocycles. The molecule has 2 bridgehead atoms. The largest absolute Gasteiger partial charge is 0.198 e. The predicted molar refractivity (Wildman–Crippen MR) is 64.5 cm³/mol. The molecule has 6 unspecified atom stereocenters. The Morgan fingerprint density at radius 2 is 1.62 bits per heavy atom. The summed E-state index contributed by atoms with van der Waals surface area (Å²) in [6.07, 6.45) is 5.46. The van der Waals surface area contributed by atoms with Gasteiger partial charge in [0, 0.05) is 5.92 Å². The normalized spacial score (nSPS) is 50.4. The second-order valence-corrected chi connectivity index (χ2v) is 7.49. The Morgan fingerprint density at radius 3 is 2.25 bits per heavy atom. The van der Waals surface area contributed by atoms with Crippen molar-refractivity contribution < 1.29 is 0 Å². The van der Waals surface area contributed by atoms with E-state index in [0.29, 0.717) is 11.3 Å². The predicted octanol–water partition coefficient (Wildman–Crippen LogP) is 3.85. The summed E-state index contributed by atoms with van der Waals surface area (Å²) in [6, 6.07) is 2.56. The van der Waals surface area contributed by atoms with Crippen LogP contribution in [0.4, 0.5) is 0 Å². The molecule has 3 rings (SSSR count). The lowest BCUT2D eigenvalue weighted by molar-refractivity contribution is 0.218. The van der Waals surface area contributed by atoms with Crippen LogP contribution >= 0.6 is 0 Å². The van der Waals surface area contributed by atoms with Crippen LogP contribution in [0.1, 0.15) is 46.5 Å². The van der Waals surface area contributed by atoms with Crippen LogP contribution in [0.3, 0.4) is 0 Å². The topological polar surface area (TPSA) is 23.8 Å². The summed E-state index contributed by atoms with van der Waals surface area (Å²) < 4.78 is 0. The molecule has 0 spiro atoms. The summed E-state index contributed by atoms with van der Waals surface area (Å²) in [6.45, 7) is 7.17. The van der Waals surface area contributed by atoms with Crippen molar-refractivity contribution in [3.05, 3.63) is 0 Å². The third-order valence-corrected chi connectivity index (χ3v) is 5.86. The van der Waals surface area contributed by atoms with Crippen molar-refractivity contribution in [2.45, 2.75) is 46.5 Å². The first-order valence-corrected chi connectivity index (χ1v) is 6.90. The van der Waals surface area contributed by atoms with Gasteiger partial charge in [-0.25, -0.2) is 0 Å². The second-order valence-electron chi connectivity index (χ2n) is 7.49. The minimum Gasteiger partial charge on any atom is -0.198 e. The van der Waals surface area contributed by atoms with E-state index in [-0.39, 0.29) is 0 Å². The Labute approximate surface area is 99.2 Å². The molecule has 0 aromatic heterocycles. The molecule has 0 amide bonds. The molecule has 0 saturated heterocycles. The van der Waals surface area contributed by atoms with Gasteiger partial charge in [0.05, 0.1) is 6.07 Å². The first kappa shape index (κ1) is 10.6. The monoisotopic (exact) mass is 217 g/mol. The SMILES string of the molecule is CC(C)(C)C1CC2C3CC(C#N)C(C3)C2C1. The molecule has 1 heteroatoms. The highest BCUT2D eigenvalue weighted by Crippen LogP contribution is 2.63. The van der Waals surface area contributed by atoms with Crippen LogP contribution in [0.25, 0.3) is 0 Å². The maximum absolute atomic E-state index is 9.18. The first-order valence-electron chi connectivity index (χ1n) is 6.90. The van der Waals surface area contributed by atoms with Crippen molar-refractivity contribution >= 4 is 0 Å². The zero-order valence-corrected chi connectivity index (χ0v) is 10.7. The minimum atomic E-state index is 0.407. The highest BCUT2D eigenvalue weighted by Gasteiger charge is 2.57. The highest BCUT2D eigenvalue weighted by atomic mass is 14.6. The number of nitriles is 1. The second kappa shape index (κ2) is 3.25. The van der Waals surface area contributed by atoms with E-state index in [4.69, 9.17) is 0 Å². The van der Waals surface area contributed by atoms with Crippen LogP contribution in [0.2, 0.25) is 0 Å². The summed E-state index contributed by atoms with van der Waals surface area (Å²) >= 11 is 0. The lowest BCUT2D eigenvalue weighted by Crippen LogP contribution is -2.23. The quantitative estimate of drug-likeness (QED) is 0.604. The van der Waals surface area contributed by atoms with Gasteiger partial charge < -0.3 is 0 Å². The van der Waals surface area contributed by atoms with Crippen molar-refractivity contribution in [2.75, 3.05) is 0 Å². The molecule has 0 aromatic carbocycles. The number of fused-ring (bicyclic) bond motifs is 5. The van der Waals surface area contributed by atoms with Gasteiger partial charge in [-0.15, -0.1) is 0 Å². The first-order chi connectivity index (χ1) is 7.50. The Morgan fingerprint density at radius 1 is 0.938 bits per heavy atom. The summed E-state index contributed by atoms with van der Waals surface area (Å²) in [4.78, 5) is 0. The standard InChI is InChI=1S/C15H23N/c1-15(2,3)11-6-13-9-4-10(8-16)12(5-9)14(13)7-11/h9-14H,4-7H2,1-3H3. The van der Waals surface area contributed by atoms with Crippen LogP contribution in [0.5, 0.6) is 0 Å². The van der Waals surface area contributed by atoms with E-state index in [9.17, 15) is 5.26 Å². The molecule has 0 aliphatic heterocycles. The maximum atomic E-state index is 9.18. The van der Waals surface area contributed by atoms with Gasteiger partial charge in [-0.05, 0) is 60.7 Å². The average Bonchev–Trinajstić information content (AvgIpc) is 2.86. The van der Waals surface area contributed by atoms with Gasteiger partial charge in [0.1, 0.15) is 0 Å². The molecule has 0 N–H and O–H groups in total. The third-order valence-electron chi connectivity index (χ3n) is 5.86. The van der Waals surface area contributed by atoms with Crippen molar-refractivity contribution in [1.29, 1.82) is 5.26 Å². The van der Waals surface area contributed by atoms with Gasteiger partial charge in [-0.1, -0.05) is 20.8 Å². The fourth-order valence-electron chi connectivity index (χ4n) is 4.93. The number of hydrogen-bond donors (Lipinski definition) is 0. The minimum absolute atomic E-state index is 0.407. The number of hydrogen-bond acceptors (Lipinski definition) is 1. The van der Waals surface area contributed by atoms with Crippen LogP contribution in [0, 0.1) is 52.3 Å². The van der Waals surface area contributed by atoms with Gasteiger partial charge in [0.25, 0.3) is 0 Å². The van der Waals surface area contributed by atoms with E-state index < -0.39 is 0 Å². The molecule has 88 valence electrons. The van der Waals surface area contributed by atoms with Gasteiger partial charge in [-0.3, -0.25) is 0 Å². The fraction of sp³-hybridized carbons (Fsp3) is 0.933. The third kappa shape index (κ3) is 1.35. The molecule has 1 nitrogen and oxygen atoms in total. The van der Waals surface area contributed by atoms with Crippen molar-refractivity contribution in [2.24, 2.45) is 40.9 Å². The number of rotatable bonds is 0. The molecule has 0 radical (unpaired) electrons. The van der Waals surface area contributed by atoms with Crippen LogP contribution in [-0.4, -0.2) is 0 Å². The van der Waals surface area contributed by atoms with E-state index >= 15 is 0 Å². The van der Waals surface area contributed by atoms with E-state index in [1.54, 1.807) is 0 Å². The average molecular weight is 217 g/mol. The van der Waals surface area contributed by atoms with Crippen LogP contribution < -0.4 is 0 Å². The molecule has 0 aromatic rings. The van der Waals surface area contributed by atoms with E-state index in [1.807, 2.05) is 0 Å². The molecular weight excluding hydrogens is 194 g/mol. The Bertz CT molecular complexity index is 332.